The molecule has 1 aromatic heterocycles. The molecule has 3 aromatic rings. The molecule has 1 aliphatic rings. The molecule has 2 aromatic carbocycles. The highest BCUT2D eigenvalue weighted by atomic mass is 16.1. The fourth-order valence-corrected chi connectivity index (χ4v) is 3.23. The lowest BCUT2D eigenvalue weighted by Gasteiger charge is -2.15. The van der Waals surface area contributed by atoms with Crippen LogP contribution < -0.4 is 4.57 Å². The van der Waals surface area contributed by atoms with Crippen molar-refractivity contribution in [1.82, 2.24) is 0 Å². The van der Waals surface area contributed by atoms with Crippen molar-refractivity contribution < 1.29 is 9.36 Å². The monoisotopic (exact) mass is 274 g/mol. The van der Waals surface area contributed by atoms with Crippen molar-refractivity contribution in [3.8, 4) is 5.69 Å². The average molecular weight is 274 g/mol. The number of aromatic nitrogens is 1. The summed E-state index contributed by atoms with van der Waals surface area (Å²) in [5.74, 6) is 0.270. The summed E-state index contributed by atoms with van der Waals surface area (Å²) < 4.78 is 2.25. The number of hydrogen-bond acceptors (Lipinski definition) is 1. The summed E-state index contributed by atoms with van der Waals surface area (Å²) >= 11 is 0. The maximum Gasteiger partial charge on any atom is 0.218 e. The Morgan fingerprint density at radius 2 is 1.62 bits per heavy atom. The fourth-order valence-electron chi connectivity index (χ4n) is 3.23. The first-order chi connectivity index (χ1) is 10.3. The zero-order valence-electron chi connectivity index (χ0n) is 11.8. The van der Waals surface area contributed by atoms with Crippen LogP contribution in [-0.4, -0.2) is 5.78 Å². The molecule has 0 fully saturated rings. The molecule has 0 atom stereocenters. The zero-order valence-corrected chi connectivity index (χ0v) is 11.8. The minimum absolute atomic E-state index is 0.270. The van der Waals surface area contributed by atoms with Gasteiger partial charge in [-0.3, -0.25) is 4.79 Å². The largest absolute Gasteiger partial charge is 0.294 e. The van der Waals surface area contributed by atoms with Gasteiger partial charge < -0.3 is 0 Å². The Bertz CT molecular complexity index is 837. The molecular weight excluding hydrogens is 258 g/mol. The third kappa shape index (κ3) is 1.95. The lowest BCUT2D eigenvalue weighted by molar-refractivity contribution is -0.576. The number of hydrogen-bond donors (Lipinski definition) is 0. The predicted molar refractivity (Wildman–Crippen MR) is 82.7 cm³/mol. The number of fused-ring (bicyclic) bond motifs is 2. The number of Topliss-reactive ketones (excluding diaryl/α,β-unsaturated/α-hetero) is 1. The summed E-state index contributed by atoms with van der Waals surface area (Å²) in [6.45, 7) is 0. The van der Waals surface area contributed by atoms with Gasteiger partial charge >= 0.3 is 0 Å². The number of benzene rings is 2. The van der Waals surface area contributed by atoms with Crippen molar-refractivity contribution in [2.24, 2.45) is 0 Å². The van der Waals surface area contributed by atoms with Crippen LogP contribution in [-0.2, 0) is 6.42 Å². The second kappa shape index (κ2) is 4.81. The van der Waals surface area contributed by atoms with Crippen LogP contribution in [0.25, 0.3) is 16.6 Å². The van der Waals surface area contributed by atoms with Crippen LogP contribution >= 0.6 is 0 Å². The van der Waals surface area contributed by atoms with Crippen LogP contribution in [0.1, 0.15) is 28.9 Å². The third-order valence-electron chi connectivity index (χ3n) is 4.19. The van der Waals surface area contributed by atoms with Gasteiger partial charge in [0, 0.05) is 36.4 Å². The van der Waals surface area contributed by atoms with Gasteiger partial charge in [-0.1, -0.05) is 30.3 Å². The van der Waals surface area contributed by atoms with Crippen LogP contribution in [0.3, 0.4) is 0 Å². The van der Waals surface area contributed by atoms with Crippen molar-refractivity contribution in [2.45, 2.75) is 19.3 Å². The Hall–Kier alpha value is -2.48. The summed E-state index contributed by atoms with van der Waals surface area (Å²) in [6, 6.07) is 20.7. The van der Waals surface area contributed by atoms with Crippen LogP contribution in [0.15, 0.2) is 60.7 Å². The molecule has 0 amide bonds. The molecule has 0 saturated carbocycles. The zero-order chi connectivity index (χ0) is 14.2. The molecule has 0 spiro atoms. The van der Waals surface area contributed by atoms with Gasteiger partial charge in [-0.05, 0) is 18.6 Å². The van der Waals surface area contributed by atoms with Gasteiger partial charge in [0.15, 0.2) is 11.5 Å². The van der Waals surface area contributed by atoms with Gasteiger partial charge in [0.05, 0.1) is 5.56 Å². The molecule has 2 heteroatoms. The number of carbonyl (C=O) groups excluding carboxylic acids is 1. The maximum absolute atomic E-state index is 12.3. The standard InChI is InChI=1S/C19H16NO/c21-19-12-6-11-18-16(19)13-14-7-4-5-10-17(14)20(18)15-8-2-1-3-9-15/h1-5,7-10,13H,6,11-12H2/q+1. The normalized spacial score (nSPS) is 14.2. The number of carbonyl (C=O) groups is 1. The number of ketones is 1. The topological polar surface area (TPSA) is 20.9 Å². The Morgan fingerprint density at radius 1 is 0.857 bits per heavy atom. The van der Waals surface area contributed by atoms with Crippen LogP contribution in [0.2, 0.25) is 0 Å². The van der Waals surface area contributed by atoms with Crippen molar-refractivity contribution in [1.29, 1.82) is 0 Å². The van der Waals surface area contributed by atoms with E-state index in [1.807, 2.05) is 24.3 Å². The molecule has 4 rings (SSSR count). The molecule has 0 N–H and O–H groups in total. The van der Waals surface area contributed by atoms with Gasteiger partial charge in [0.2, 0.25) is 11.2 Å². The van der Waals surface area contributed by atoms with Crippen molar-refractivity contribution in [2.75, 3.05) is 0 Å². The molecular formula is C19H16NO+. The highest BCUT2D eigenvalue weighted by Gasteiger charge is 2.29. The molecule has 0 radical (unpaired) electrons. The SMILES string of the molecule is O=C1CCCc2c1cc1ccccc1[n+]2-c1ccccc1. The van der Waals surface area contributed by atoms with E-state index in [1.54, 1.807) is 0 Å². The lowest BCUT2D eigenvalue weighted by atomic mass is 9.92. The van der Waals surface area contributed by atoms with E-state index >= 15 is 0 Å². The number of rotatable bonds is 1. The molecule has 2 nitrogen and oxygen atoms in total. The highest BCUT2D eigenvalue weighted by molar-refractivity contribution is 6.00. The van der Waals surface area contributed by atoms with Gasteiger partial charge in [-0.2, -0.15) is 4.57 Å². The third-order valence-corrected chi connectivity index (χ3v) is 4.19. The summed E-state index contributed by atoms with van der Waals surface area (Å²) in [5.41, 5.74) is 4.33. The van der Waals surface area contributed by atoms with E-state index in [0.717, 1.165) is 40.7 Å². The Labute approximate surface area is 123 Å². The Morgan fingerprint density at radius 3 is 2.48 bits per heavy atom. The first-order valence-corrected chi connectivity index (χ1v) is 7.40. The minimum atomic E-state index is 0.270. The van der Waals surface area contributed by atoms with Gasteiger partial charge in [0.1, 0.15) is 0 Å². The maximum atomic E-state index is 12.3. The molecule has 1 aliphatic carbocycles. The summed E-state index contributed by atoms with van der Waals surface area (Å²) in [4.78, 5) is 12.3. The predicted octanol–water partition coefficient (Wildman–Crippen LogP) is 3.64. The Kier molecular flexibility index (Phi) is 2.81. The van der Waals surface area contributed by atoms with E-state index in [4.69, 9.17) is 0 Å². The molecule has 102 valence electrons. The smallest absolute Gasteiger partial charge is 0.218 e. The molecule has 0 bridgehead atoms. The molecule has 0 aliphatic heterocycles. The number of pyridine rings is 1. The van der Waals surface area contributed by atoms with E-state index < -0.39 is 0 Å². The second-order valence-electron chi connectivity index (χ2n) is 5.51. The average Bonchev–Trinajstić information content (AvgIpc) is 2.54. The van der Waals surface area contributed by atoms with Crippen LogP contribution in [0.5, 0.6) is 0 Å². The van der Waals surface area contributed by atoms with Crippen LogP contribution in [0, 0.1) is 0 Å². The lowest BCUT2D eigenvalue weighted by Crippen LogP contribution is -2.40. The molecule has 0 unspecified atom stereocenters. The van der Waals surface area contributed by atoms with E-state index in [-0.39, 0.29) is 5.78 Å². The summed E-state index contributed by atoms with van der Waals surface area (Å²) in [5, 5.41) is 1.12. The minimum Gasteiger partial charge on any atom is -0.294 e. The first kappa shape index (κ1) is 12.3. The number of nitrogens with zero attached hydrogens (tertiary/aromatic N) is 1. The van der Waals surface area contributed by atoms with Gasteiger partial charge in [0.25, 0.3) is 0 Å². The fraction of sp³-hybridized carbons (Fsp3) is 0.158. The summed E-state index contributed by atoms with van der Waals surface area (Å²) in [6.07, 6.45) is 2.57. The Balaban J connectivity index is 2.14. The van der Waals surface area contributed by atoms with Crippen molar-refractivity contribution >= 4 is 16.7 Å². The van der Waals surface area contributed by atoms with Crippen molar-refractivity contribution in [3.63, 3.8) is 0 Å². The van der Waals surface area contributed by atoms with E-state index in [0.29, 0.717) is 6.42 Å². The molecule has 21 heavy (non-hydrogen) atoms. The first-order valence-electron chi connectivity index (χ1n) is 7.40. The second-order valence-corrected chi connectivity index (χ2v) is 5.51. The quantitative estimate of drug-likeness (QED) is 0.621. The van der Waals surface area contributed by atoms with Gasteiger partial charge in [-0.25, -0.2) is 0 Å². The van der Waals surface area contributed by atoms with Crippen molar-refractivity contribution in [3.05, 3.63) is 71.9 Å². The van der Waals surface area contributed by atoms with E-state index in [9.17, 15) is 4.79 Å². The molecule has 0 saturated heterocycles. The van der Waals surface area contributed by atoms with Crippen LogP contribution in [0.4, 0.5) is 0 Å². The number of para-hydroxylation sites is 2. The highest BCUT2D eigenvalue weighted by Crippen LogP contribution is 2.24. The molecule has 1 heterocycles. The summed E-state index contributed by atoms with van der Waals surface area (Å²) in [7, 11) is 0. The van der Waals surface area contributed by atoms with Gasteiger partial charge in [-0.15, -0.1) is 0 Å². The van der Waals surface area contributed by atoms with E-state index in [2.05, 4.69) is 41.0 Å². The van der Waals surface area contributed by atoms with E-state index in [1.165, 1.54) is 0 Å².